The summed E-state index contributed by atoms with van der Waals surface area (Å²) in [4.78, 5) is 0. The first-order valence-electron chi connectivity index (χ1n) is 9.26. The molecule has 0 nitrogen and oxygen atoms in total. The lowest BCUT2D eigenvalue weighted by atomic mass is 9.97. The smallest absolute Gasteiger partial charge is 0.142 e. The van der Waals surface area contributed by atoms with Gasteiger partial charge in [0, 0.05) is 10.9 Å². The summed E-state index contributed by atoms with van der Waals surface area (Å²) in [5.74, 6) is -0.860. The van der Waals surface area contributed by atoms with Crippen LogP contribution >= 0.6 is 11.6 Å². The highest BCUT2D eigenvalue weighted by atomic mass is 35.5. The third-order valence-electron chi connectivity index (χ3n) is 4.82. The molecule has 0 spiro atoms. The lowest BCUT2D eigenvalue weighted by molar-refractivity contribution is 0.627. The number of unbranched alkanes of at least 4 members (excludes halogenated alkanes) is 4. The molecular formula is C23H23ClF2. The van der Waals surface area contributed by atoms with Crippen LogP contribution in [0.25, 0.3) is 21.9 Å². The fraction of sp³-hybridized carbons (Fsp3) is 0.304. The molecule has 0 heterocycles. The van der Waals surface area contributed by atoms with Crippen molar-refractivity contribution in [2.45, 2.75) is 45.4 Å². The first-order chi connectivity index (χ1) is 12.6. The van der Waals surface area contributed by atoms with Gasteiger partial charge in [-0.05, 0) is 41.5 Å². The maximum absolute atomic E-state index is 15.0. The summed E-state index contributed by atoms with van der Waals surface area (Å²) in [6.07, 6.45) is 7.23. The van der Waals surface area contributed by atoms with Crippen LogP contribution in [0.1, 0.15) is 44.6 Å². The van der Waals surface area contributed by atoms with Crippen molar-refractivity contribution in [1.82, 2.24) is 0 Å². The molecule has 3 aromatic carbocycles. The number of rotatable bonds is 7. The highest BCUT2D eigenvalue weighted by molar-refractivity contribution is 6.30. The van der Waals surface area contributed by atoms with Gasteiger partial charge in [-0.1, -0.05) is 80.6 Å². The minimum atomic E-state index is -0.540. The molecule has 0 aliphatic carbocycles. The number of halogens is 3. The molecule has 0 saturated heterocycles. The van der Waals surface area contributed by atoms with Crippen molar-refractivity contribution in [3.8, 4) is 11.1 Å². The fourth-order valence-electron chi connectivity index (χ4n) is 3.32. The summed E-state index contributed by atoms with van der Waals surface area (Å²) < 4.78 is 28.7. The van der Waals surface area contributed by atoms with E-state index in [0.717, 1.165) is 18.2 Å². The Morgan fingerprint density at radius 3 is 2.42 bits per heavy atom. The Morgan fingerprint density at radius 2 is 1.65 bits per heavy atom. The van der Waals surface area contributed by atoms with Crippen LogP contribution in [0.5, 0.6) is 0 Å². The standard InChI is InChI=1S/C23H23ClF2/c1-2-3-4-5-6-7-16-8-11-19-17(14-16)9-12-20(23(19)26)18-10-13-21(24)22(25)15-18/h8-15H,2-7H2,1H3. The topological polar surface area (TPSA) is 0 Å². The normalized spacial score (nSPS) is 11.2. The van der Waals surface area contributed by atoms with E-state index in [-0.39, 0.29) is 10.8 Å². The molecule has 0 aliphatic heterocycles. The van der Waals surface area contributed by atoms with Crippen LogP contribution < -0.4 is 0 Å². The van der Waals surface area contributed by atoms with Crippen molar-refractivity contribution < 1.29 is 8.78 Å². The molecule has 0 N–H and O–H groups in total. The predicted octanol–water partition coefficient (Wildman–Crippen LogP) is 7.95. The molecular weight excluding hydrogens is 350 g/mol. The zero-order valence-corrected chi connectivity index (χ0v) is 15.8. The third-order valence-corrected chi connectivity index (χ3v) is 5.12. The van der Waals surface area contributed by atoms with Gasteiger partial charge in [0.2, 0.25) is 0 Å². The SMILES string of the molecule is CCCCCCCc1ccc2c(F)c(-c3ccc(Cl)c(F)c3)ccc2c1. The second kappa shape index (κ2) is 8.64. The van der Waals surface area contributed by atoms with E-state index >= 15 is 0 Å². The van der Waals surface area contributed by atoms with Crippen molar-refractivity contribution in [2.24, 2.45) is 0 Å². The van der Waals surface area contributed by atoms with Crippen molar-refractivity contribution in [3.05, 3.63) is 70.8 Å². The first-order valence-corrected chi connectivity index (χ1v) is 9.64. The summed E-state index contributed by atoms with van der Waals surface area (Å²) in [6, 6.07) is 13.9. The van der Waals surface area contributed by atoms with Crippen LogP contribution in [0.3, 0.4) is 0 Å². The summed E-state index contributed by atoms with van der Waals surface area (Å²) in [5, 5.41) is 1.48. The van der Waals surface area contributed by atoms with Crippen LogP contribution in [-0.2, 0) is 6.42 Å². The third kappa shape index (κ3) is 4.24. The molecule has 0 aromatic heterocycles. The maximum Gasteiger partial charge on any atom is 0.142 e. The number of hydrogen-bond donors (Lipinski definition) is 0. The van der Waals surface area contributed by atoms with E-state index in [1.54, 1.807) is 12.1 Å². The summed E-state index contributed by atoms with van der Waals surface area (Å²) in [5.41, 5.74) is 2.12. The van der Waals surface area contributed by atoms with E-state index in [1.165, 1.54) is 43.4 Å². The van der Waals surface area contributed by atoms with E-state index in [0.29, 0.717) is 16.5 Å². The van der Waals surface area contributed by atoms with Crippen LogP contribution in [0.2, 0.25) is 5.02 Å². The second-order valence-corrected chi connectivity index (χ2v) is 7.18. The Bertz CT molecular complexity index is 902. The van der Waals surface area contributed by atoms with Crippen LogP contribution in [0.4, 0.5) is 8.78 Å². The van der Waals surface area contributed by atoms with E-state index < -0.39 is 5.82 Å². The molecule has 3 aromatic rings. The van der Waals surface area contributed by atoms with Gasteiger partial charge < -0.3 is 0 Å². The average molecular weight is 373 g/mol. The summed E-state index contributed by atoms with van der Waals surface area (Å²) in [7, 11) is 0. The van der Waals surface area contributed by atoms with Crippen molar-refractivity contribution in [3.63, 3.8) is 0 Å². The molecule has 3 heteroatoms. The minimum Gasteiger partial charge on any atom is -0.206 e. The van der Waals surface area contributed by atoms with Gasteiger partial charge in [0.05, 0.1) is 5.02 Å². The Balaban J connectivity index is 1.83. The Labute approximate surface area is 158 Å². The molecule has 0 saturated carbocycles. The van der Waals surface area contributed by atoms with Gasteiger partial charge in [-0.15, -0.1) is 0 Å². The Kier molecular flexibility index (Phi) is 6.26. The molecule has 0 unspecified atom stereocenters. The zero-order valence-electron chi connectivity index (χ0n) is 15.0. The molecule has 0 aliphatic rings. The largest absolute Gasteiger partial charge is 0.206 e. The van der Waals surface area contributed by atoms with Gasteiger partial charge >= 0.3 is 0 Å². The second-order valence-electron chi connectivity index (χ2n) is 6.78. The molecule has 136 valence electrons. The summed E-state index contributed by atoms with van der Waals surface area (Å²) >= 11 is 5.72. The van der Waals surface area contributed by atoms with Crippen molar-refractivity contribution >= 4 is 22.4 Å². The van der Waals surface area contributed by atoms with Crippen LogP contribution in [0, 0.1) is 11.6 Å². The summed E-state index contributed by atoms with van der Waals surface area (Å²) in [6.45, 7) is 2.21. The molecule has 0 radical (unpaired) electrons. The minimum absolute atomic E-state index is 0.0403. The first kappa shape index (κ1) is 18.8. The fourth-order valence-corrected chi connectivity index (χ4v) is 3.43. The Hall–Kier alpha value is -1.93. The lowest BCUT2D eigenvalue weighted by Crippen LogP contribution is -1.91. The van der Waals surface area contributed by atoms with Gasteiger partial charge in [-0.3, -0.25) is 0 Å². The lowest BCUT2D eigenvalue weighted by Gasteiger charge is -2.09. The maximum atomic E-state index is 15.0. The average Bonchev–Trinajstić information content (AvgIpc) is 2.64. The van der Waals surface area contributed by atoms with Crippen LogP contribution in [-0.4, -0.2) is 0 Å². The molecule has 26 heavy (non-hydrogen) atoms. The molecule has 0 bridgehead atoms. The van der Waals surface area contributed by atoms with Crippen molar-refractivity contribution in [1.29, 1.82) is 0 Å². The molecule has 0 amide bonds. The van der Waals surface area contributed by atoms with Gasteiger partial charge in [-0.25, -0.2) is 8.78 Å². The van der Waals surface area contributed by atoms with Crippen molar-refractivity contribution in [2.75, 3.05) is 0 Å². The monoisotopic (exact) mass is 372 g/mol. The molecule has 0 fully saturated rings. The van der Waals surface area contributed by atoms with E-state index in [4.69, 9.17) is 11.6 Å². The Morgan fingerprint density at radius 1 is 0.846 bits per heavy atom. The highest BCUT2D eigenvalue weighted by Gasteiger charge is 2.11. The van der Waals surface area contributed by atoms with E-state index in [2.05, 4.69) is 13.0 Å². The number of aryl methyl sites for hydroxylation is 1. The zero-order chi connectivity index (χ0) is 18.5. The van der Waals surface area contributed by atoms with E-state index in [1.807, 2.05) is 18.2 Å². The van der Waals surface area contributed by atoms with Gasteiger partial charge in [0.25, 0.3) is 0 Å². The van der Waals surface area contributed by atoms with E-state index in [9.17, 15) is 8.78 Å². The number of hydrogen-bond acceptors (Lipinski definition) is 0. The number of fused-ring (bicyclic) bond motifs is 1. The van der Waals surface area contributed by atoms with Gasteiger partial charge in [-0.2, -0.15) is 0 Å². The predicted molar refractivity (Wildman–Crippen MR) is 107 cm³/mol. The van der Waals surface area contributed by atoms with Crippen LogP contribution in [0.15, 0.2) is 48.5 Å². The highest BCUT2D eigenvalue weighted by Crippen LogP contribution is 2.31. The quantitative estimate of drug-likeness (QED) is 0.369. The molecule has 3 rings (SSSR count). The van der Waals surface area contributed by atoms with Gasteiger partial charge in [0.15, 0.2) is 0 Å². The molecule has 0 atom stereocenters. The van der Waals surface area contributed by atoms with Gasteiger partial charge in [0.1, 0.15) is 11.6 Å². The number of benzene rings is 3.